The fourth-order valence-corrected chi connectivity index (χ4v) is 1.57. The molecule has 1 aliphatic rings. The lowest BCUT2D eigenvalue weighted by molar-refractivity contribution is -0.0508. The van der Waals surface area contributed by atoms with Crippen LogP contribution in [0.2, 0.25) is 0 Å². The predicted molar refractivity (Wildman–Crippen MR) is 70.0 cm³/mol. The van der Waals surface area contributed by atoms with Gasteiger partial charge in [0.15, 0.2) is 0 Å². The SMILES string of the molecule is NCC1COCCOCCOC(CN)COCCO1. The van der Waals surface area contributed by atoms with E-state index in [-0.39, 0.29) is 12.2 Å². The zero-order chi connectivity index (χ0) is 13.8. The highest BCUT2D eigenvalue weighted by atomic mass is 16.6. The van der Waals surface area contributed by atoms with E-state index in [4.69, 9.17) is 35.2 Å². The molecule has 2 unspecified atom stereocenters. The van der Waals surface area contributed by atoms with Gasteiger partial charge in [-0.15, -0.1) is 0 Å². The highest BCUT2D eigenvalue weighted by Crippen LogP contribution is 1.96. The number of nitrogens with two attached hydrogens (primary N) is 2. The molecule has 1 aliphatic heterocycles. The van der Waals surface area contributed by atoms with Crippen LogP contribution in [0.5, 0.6) is 0 Å². The van der Waals surface area contributed by atoms with Gasteiger partial charge >= 0.3 is 0 Å². The number of hydrogen-bond donors (Lipinski definition) is 2. The summed E-state index contributed by atoms with van der Waals surface area (Å²) in [5.74, 6) is 0. The van der Waals surface area contributed by atoms with Gasteiger partial charge in [-0.05, 0) is 0 Å². The van der Waals surface area contributed by atoms with Crippen molar-refractivity contribution in [3.63, 3.8) is 0 Å². The number of ether oxygens (including phenoxy) is 5. The molecule has 1 rings (SSSR count). The van der Waals surface area contributed by atoms with Crippen molar-refractivity contribution in [3.05, 3.63) is 0 Å². The van der Waals surface area contributed by atoms with E-state index < -0.39 is 0 Å². The minimum Gasteiger partial charge on any atom is -0.377 e. The first-order valence-electron chi connectivity index (χ1n) is 6.73. The highest BCUT2D eigenvalue weighted by molar-refractivity contribution is 4.59. The Bertz CT molecular complexity index is 189. The first-order valence-corrected chi connectivity index (χ1v) is 6.73. The smallest absolute Gasteiger partial charge is 0.0931 e. The minimum atomic E-state index is -0.102. The summed E-state index contributed by atoms with van der Waals surface area (Å²) >= 11 is 0. The molecule has 0 aliphatic carbocycles. The minimum absolute atomic E-state index is 0.102. The summed E-state index contributed by atoms with van der Waals surface area (Å²) in [7, 11) is 0. The summed E-state index contributed by atoms with van der Waals surface area (Å²) in [6, 6.07) is 0. The Hall–Kier alpha value is -0.280. The zero-order valence-electron chi connectivity index (χ0n) is 11.4. The maximum absolute atomic E-state index is 5.59. The molecule has 19 heavy (non-hydrogen) atoms. The Morgan fingerprint density at radius 1 is 0.632 bits per heavy atom. The van der Waals surface area contributed by atoms with Crippen LogP contribution >= 0.6 is 0 Å². The van der Waals surface area contributed by atoms with Crippen LogP contribution in [0.4, 0.5) is 0 Å². The standard InChI is InChI=1S/C12H26N2O5/c13-7-11-9-16-2-1-15-3-5-18-12(8-14)10-17-4-6-19-11/h11-12H,1-10,13-14H2. The maximum Gasteiger partial charge on any atom is 0.0931 e. The van der Waals surface area contributed by atoms with E-state index in [0.717, 1.165) is 0 Å². The Kier molecular flexibility index (Phi) is 10.2. The molecule has 114 valence electrons. The molecule has 0 spiro atoms. The average molecular weight is 278 g/mol. The van der Waals surface area contributed by atoms with Gasteiger partial charge in [-0.1, -0.05) is 0 Å². The second kappa shape index (κ2) is 11.5. The topological polar surface area (TPSA) is 98.2 Å². The van der Waals surface area contributed by atoms with Crippen LogP contribution in [-0.2, 0) is 23.7 Å². The quantitative estimate of drug-likeness (QED) is 0.650. The summed E-state index contributed by atoms with van der Waals surface area (Å²) < 4.78 is 27.3. The Morgan fingerprint density at radius 2 is 1.05 bits per heavy atom. The third-order valence-electron chi connectivity index (χ3n) is 2.67. The van der Waals surface area contributed by atoms with Crippen molar-refractivity contribution < 1.29 is 23.7 Å². The molecule has 4 N–H and O–H groups in total. The van der Waals surface area contributed by atoms with Gasteiger partial charge in [0.25, 0.3) is 0 Å². The van der Waals surface area contributed by atoms with Crippen LogP contribution in [0, 0.1) is 0 Å². The van der Waals surface area contributed by atoms with Gasteiger partial charge in [0, 0.05) is 13.1 Å². The van der Waals surface area contributed by atoms with Crippen LogP contribution in [0.25, 0.3) is 0 Å². The van der Waals surface area contributed by atoms with Gasteiger partial charge in [-0.2, -0.15) is 0 Å². The second-order valence-corrected chi connectivity index (χ2v) is 4.22. The lowest BCUT2D eigenvalue weighted by Crippen LogP contribution is -2.32. The van der Waals surface area contributed by atoms with Crippen molar-refractivity contribution in [2.75, 3.05) is 65.9 Å². The molecule has 0 aromatic rings. The van der Waals surface area contributed by atoms with Gasteiger partial charge in [0.05, 0.1) is 65.1 Å². The van der Waals surface area contributed by atoms with E-state index in [1.165, 1.54) is 0 Å². The van der Waals surface area contributed by atoms with Crippen LogP contribution < -0.4 is 11.5 Å². The van der Waals surface area contributed by atoms with Crippen molar-refractivity contribution in [1.29, 1.82) is 0 Å². The normalized spacial score (nSPS) is 29.4. The summed E-state index contributed by atoms with van der Waals surface area (Å²) in [5.41, 5.74) is 11.2. The molecule has 0 bridgehead atoms. The molecule has 2 atom stereocenters. The first-order chi connectivity index (χ1) is 9.36. The molecule has 7 heteroatoms. The summed E-state index contributed by atoms with van der Waals surface area (Å²) in [6.07, 6.45) is -0.203. The van der Waals surface area contributed by atoms with Gasteiger partial charge < -0.3 is 35.2 Å². The first kappa shape index (κ1) is 16.8. The Morgan fingerprint density at radius 3 is 1.58 bits per heavy atom. The lowest BCUT2D eigenvalue weighted by atomic mass is 10.4. The van der Waals surface area contributed by atoms with Crippen LogP contribution in [0.3, 0.4) is 0 Å². The largest absolute Gasteiger partial charge is 0.377 e. The van der Waals surface area contributed by atoms with Crippen LogP contribution in [0.15, 0.2) is 0 Å². The second-order valence-electron chi connectivity index (χ2n) is 4.22. The van der Waals surface area contributed by atoms with Gasteiger partial charge in [-0.3, -0.25) is 0 Å². The molecule has 0 radical (unpaired) electrons. The van der Waals surface area contributed by atoms with Crippen molar-refractivity contribution >= 4 is 0 Å². The van der Waals surface area contributed by atoms with Gasteiger partial charge in [-0.25, -0.2) is 0 Å². The van der Waals surface area contributed by atoms with Crippen molar-refractivity contribution in [1.82, 2.24) is 0 Å². The highest BCUT2D eigenvalue weighted by Gasteiger charge is 2.10. The molecule has 1 fully saturated rings. The van der Waals surface area contributed by atoms with Crippen LogP contribution in [-0.4, -0.2) is 78.2 Å². The Balaban J connectivity index is 2.28. The van der Waals surface area contributed by atoms with Gasteiger partial charge in [0.1, 0.15) is 0 Å². The number of rotatable bonds is 2. The van der Waals surface area contributed by atoms with E-state index in [1.54, 1.807) is 0 Å². The van der Waals surface area contributed by atoms with E-state index in [0.29, 0.717) is 65.9 Å². The molecule has 0 saturated carbocycles. The zero-order valence-corrected chi connectivity index (χ0v) is 11.4. The predicted octanol–water partition coefficient (Wildman–Crippen LogP) is -1.26. The maximum atomic E-state index is 5.59. The van der Waals surface area contributed by atoms with E-state index in [1.807, 2.05) is 0 Å². The molecule has 0 aromatic carbocycles. The molecule has 0 amide bonds. The fourth-order valence-electron chi connectivity index (χ4n) is 1.57. The molecular formula is C12H26N2O5. The third kappa shape index (κ3) is 8.48. The van der Waals surface area contributed by atoms with Crippen molar-refractivity contribution in [2.45, 2.75) is 12.2 Å². The van der Waals surface area contributed by atoms with E-state index in [9.17, 15) is 0 Å². The Labute approximate surface area is 114 Å². The van der Waals surface area contributed by atoms with Crippen molar-refractivity contribution in [3.8, 4) is 0 Å². The summed E-state index contributed by atoms with van der Waals surface area (Å²) in [6.45, 7) is 4.85. The van der Waals surface area contributed by atoms with E-state index in [2.05, 4.69) is 0 Å². The monoisotopic (exact) mass is 278 g/mol. The molecule has 1 heterocycles. The fraction of sp³-hybridized carbons (Fsp3) is 1.00. The number of hydrogen-bond acceptors (Lipinski definition) is 7. The summed E-state index contributed by atoms with van der Waals surface area (Å²) in [4.78, 5) is 0. The van der Waals surface area contributed by atoms with Crippen molar-refractivity contribution in [2.24, 2.45) is 11.5 Å². The third-order valence-corrected chi connectivity index (χ3v) is 2.67. The average Bonchev–Trinajstić information content (AvgIpc) is 2.45. The van der Waals surface area contributed by atoms with E-state index >= 15 is 0 Å². The molecule has 7 nitrogen and oxygen atoms in total. The molecule has 1 saturated heterocycles. The molecular weight excluding hydrogens is 252 g/mol. The molecule has 0 aromatic heterocycles. The summed E-state index contributed by atoms with van der Waals surface area (Å²) in [5, 5.41) is 0. The van der Waals surface area contributed by atoms with Crippen LogP contribution in [0.1, 0.15) is 0 Å². The van der Waals surface area contributed by atoms with Gasteiger partial charge in [0.2, 0.25) is 0 Å². The lowest BCUT2D eigenvalue weighted by Gasteiger charge is -2.17.